The molecule has 12 heteroatoms. The lowest BCUT2D eigenvalue weighted by atomic mass is 9.93. The van der Waals surface area contributed by atoms with Gasteiger partial charge in [-0.05, 0) is 54.6 Å². The van der Waals surface area contributed by atoms with Crippen LogP contribution in [-0.2, 0) is 16.0 Å². The average molecular weight is 630 g/mol. The van der Waals surface area contributed by atoms with E-state index in [0.717, 1.165) is 28.6 Å². The van der Waals surface area contributed by atoms with Gasteiger partial charge in [-0.1, -0.05) is 12.6 Å². The molecule has 1 aliphatic heterocycles. The van der Waals surface area contributed by atoms with Gasteiger partial charge in [0.05, 0.1) is 29.6 Å². The van der Waals surface area contributed by atoms with E-state index < -0.39 is 17.7 Å². The Labute approximate surface area is 261 Å². The Morgan fingerprint density at radius 3 is 2.80 bits per heavy atom. The summed E-state index contributed by atoms with van der Waals surface area (Å²) >= 11 is 1.38. The molecule has 3 aromatic heterocycles. The molecular weight excluding hydrogens is 600 g/mol. The van der Waals surface area contributed by atoms with Crippen LogP contribution in [0, 0.1) is 11.6 Å². The number of carbonyl (C=O) groups is 2. The number of aromatic nitrogens is 3. The lowest BCUT2D eigenvalue weighted by Gasteiger charge is -2.19. The minimum atomic E-state index is -0.824. The van der Waals surface area contributed by atoms with Crippen molar-refractivity contribution in [2.75, 3.05) is 26.9 Å². The van der Waals surface area contributed by atoms with Gasteiger partial charge in [-0.2, -0.15) is 5.10 Å². The highest BCUT2D eigenvalue weighted by Gasteiger charge is 2.27. The third-order valence-corrected chi connectivity index (χ3v) is 8.51. The van der Waals surface area contributed by atoms with Gasteiger partial charge in [0.2, 0.25) is 5.91 Å². The number of amides is 2. The molecule has 0 saturated heterocycles. The SMILES string of the molecule is C=CC(=O)NC(C)c1cc(-c2nc(-c3ccc4c(c3)CCNC4=O)c3ccsc3c2-c2c(F)cc(F)cc2OCCOC)n[nH]1. The molecule has 230 valence electrons. The molecule has 45 heavy (non-hydrogen) atoms. The van der Waals surface area contributed by atoms with Crippen molar-refractivity contribution in [1.82, 2.24) is 25.8 Å². The second-order valence-corrected chi connectivity index (χ2v) is 11.4. The maximum Gasteiger partial charge on any atom is 0.251 e. The maximum absolute atomic E-state index is 15.9. The largest absolute Gasteiger partial charge is 0.490 e. The second-order valence-electron chi connectivity index (χ2n) is 10.5. The van der Waals surface area contributed by atoms with Crippen molar-refractivity contribution < 1.29 is 27.8 Å². The van der Waals surface area contributed by atoms with Crippen molar-refractivity contribution in [3.63, 3.8) is 0 Å². The third kappa shape index (κ3) is 5.81. The Morgan fingerprint density at radius 1 is 1.16 bits per heavy atom. The predicted octanol–water partition coefficient (Wildman–Crippen LogP) is 5.97. The molecule has 0 aliphatic carbocycles. The number of carbonyl (C=O) groups excluding carboxylic acids is 2. The molecule has 1 unspecified atom stereocenters. The molecule has 0 radical (unpaired) electrons. The van der Waals surface area contributed by atoms with E-state index in [0.29, 0.717) is 51.6 Å². The van der Waals surface area contributed by atoms with Crippen LogP contribution in [0.2, 0.25) is 0 Å². The smallest absolute Gasteiger partial charge is 0.251 e. The van der Waals surface area contributed by atoms with Crippen molar-refractivity contribution in [2.24, 2.45) is 0 Å². The Kier molecular flexibility index (Phi) is 8.42. The molecule has 0 saturated carbocycles. The lowest BCUT2D eigenvalue weighted by Crippen LogP contribution is -2.31. The number of fused-ring (bicyclic) bond motifs is 2. The number of ether oxygens (including phenoxy) is 2. The number of benzene rings is 2. The molecule has 6 rings (SSSR count). The number of nitrogens with one attached hydrogen (secondary N) is 3. The van der Waals surface area contributed by atoms with Gasteiger partial charge in [0.15, 0.2) is 0 Å². The fraction of sp³-hybridized carbons (Fsp3) is 0.212. The number of rotatable bonds is 10. The number of pyridine rings is 1. The van der Waals surface area contributed by atoms with Crippen LogP contribution in [0.5, 0.6) is 5.75 Å². The second kappa shape index (κ2) is 12.6. The van der Waals surface area contributed by atoms with E-state index in [2.05, 4.69) is 27.4 Å². The zero-order valence-corrected chi connectivity index (χ0v) is 25.3. The van der Waals surface area contributed by atoms with Crippen LogP contribution in [0.25, 0.3) is 43.9 Å². The number of nitrogens with zero attached hydrogens (tertiary/aromatic N) is 2. The fourth-order valence-corrected chi connectivity index (χ4v) is 6.36. The van der Waals surface area contributed by atoms with Gasteiger partial charge in [-0.3, -0.25) is 14.7 Å². The topological polar surface area (TPSA) is 118 Å². The number of methoxy groups -OCH3 is 1. The van der Waals surface area contributed by atoms with Crippen LogP contribution in [0.3, 0.4) is 0 Å². The number of aromatic amines is 1. The summed E-state index contributed by atoms with van der Waals surface area (Å²) < 4.78 is 42.1. The minimum absolute atomic E-state index is 0.00258. The van der Waals surface area contributed by atoms with E-state index in [1.807, 2.05) is 23.6 Å². The number of hydrogen-bond acceptors (Lipinski definition) is 7. The van der Waals surface area contributed by atoms with Crippen LogP contribution < -0.4 is 15.4 Å². The Morgan fingerprint density at radius 2 is 2.00 bits per heavy atom. The summed E-state index contributed by atoms with van der Waals surface area (Å²) in [4.78, 5) is 29.5. The summed E-state index contributed by atoms with van der Waals surface area (Å²) in [6.45, 7) is 6.09. The third-order valence-electron chi connectivity index (χ3n) is 7.58. The van der Waals surface area contributed by atoms with Crippen LogP contribution >= 0.6 is 11.3 Å². The van der Waals surface area contributed by atoms with Crippen molar-refractivity contribution >= 4 is 33.2 Å². The van der Waals surface area contributed by atoms with Crippen LogP contribution in [0.1, 0.15) is 34.6 Å². The lowest BCUT2D eigenvalue weighted by molar-refractivity contribution is -0.117. The normalized spacial score (nSPS) is 13.3. The zero-order valence-electron chi connectivity index (χ0n) is 24.5. The molecule has 5 aromatic rings. The van der Waals surface area contributed by atoms with Crippen LogP contribution in [0.15, 0.2) is 60.5 Å². The molecule has 2 aromatic carbocycles. The summed E-state index contributed by atoms with van der Waals surface area (Å²) in [5, 5.41) is 15.7. The summed E-state index contributed by atoms with van der Waals surface area (Å²) in [7, 11) is 1.51. The highest BCUT2D eigenvalue weighted by Crippen LogP contribution is 2.47. The van der Waals surface area contributed by atoms with Crippen LogP contribution in [0.4, 0.5) is 8.78 Å². The van der Waals surface area contributed by atoms with Crippen molar-refractivity contribution in [2.45, 2.75) is 19.4 Å². The van der Waals surface area contributed by atoms with Gasteiger partial charge in [0.25, 0.3) is 5.91 Å². The van der Waals surface area contributed by atoms with E-state index in [-0.39, 0.29) is 36.3 Å². The van der Waals surface area contributed by atoms with Gasteiger partial charge in [-0.15, -0.1) is 11.3 Å². The van der Waals surface area contributed by atoms with Gasteiger partial charge in [-0.25, -0.2) is 13.8 Å². The summed E-state index contributed by atoms with van der Waals surface area (Å²) in [6.07, 6.45) is 1.85. The van der Waals surface area contributed by atoms with Gasteiger partial charge >= 0.3 is 0 Å². The predicted molar refractivity (Wildman–Crippen MR) is 168 cm³/mol. The Hall–Kier alpha value is -4.94. The molecule has 1 aliphatic rings. The summed E-state index contributed by atoms with van der Waals surface area (Å²) in [5.74, 6) is -2.09. The van der Waals surface area contributed by atoms with E-state index in [9.17, 15) is 14.0 Å². The molecular formula is C33H29F2N5O4S. The molecule has 1 atom stereocenters. The Balaban J connectivity index is 1.60. The first-order valence-corrected chi connectivity index (χ1v) is 15.1. The first-order valence-electron chi connectivity index (χ1n) is 14.2. The highest BCUT2D eigenvalue weighted by atomic mass is 32.1. The van der Waals surface area contributed by atoms with E-state index in [4.69, 9.17) is 14.5 Å². The number of thiophene rings is 1. The molecule has 9 nitrogen and oxygen atoms in total. The van der Waals surface area contributed by atoms with E-state index in [1.165, 1.54) is 24.5 Å². The monoisotopic (exact) mass is 629 g/mol. The molecule has 0 spiro atoms. The zero-order chi connectivity index (χ0) is 31.7. The number of H-pyrrole nitrogens is 1. The summed E-state index contributed by atoms with van der Waals surface area (Å²) in [6, 6.07) is 10.7. The van der Waals surface area contributed by atoms with Gasteiger partial charge < -0.3 is 20.1 Å². The number of halogens is 2. The van der Waals surface area contributed by atoms with Crippen molar-refractivity contribution in [3.8, 4) is 39.5 Å². The minimum Gasteiger partial charge on any atom is -0.490 e. The van der Waals surface area contributed by atoms with Crippen molar-refractivity contribution in [1.29, 1.82) is 0 Å². The maximum atomic E-state index is 15.9. The molecule has 4 heterocycles. The van der Waals surface area contributed by atoms with Gasteiger partial charge in [0.1, 0.15) is 35.4 Å². The summed E-state index contributed by atoms with van der Waals surface area (Å²) in [5.41, 5.74) is 4.60. The average Bonchev–Trinajstić information content (AvgIpc) is 3.72. The quantitative estimate of drug-likeness (QED) is 0.129. The molecule has 3 N–H and O–H groups in total. The van der Waals surface area contributed by atoms with Gasteiger partial charge in [0, 0.05) is 52.6 Å². The first-order chi connectivity index (χ1) is 21.8. The van der Waals surface area contributed by atoms with Crippen LogP contribution in [-0.4, -0.2) is 53.9 Å². The first kappa shape index (κ1) is 30.1. The molecule has 0 fully saturated rings. The fourth-order valence-electron chi connectivity index (χ4n) is 5.41. The van der Waals surface area contributed by atoms with E-state index >= 15 is 4.39 Å². The van der Waals surface area contributed by atoms with E-state index in [1.54, 1.807) is 19.1 Å². The molecule has 0 bridgehead atoms. The van der Waals surface area contributed by atoms with Crippen molar-refractivity contribution in [3.05, 3.63) is 89.0 Å². The number of hydrogen-bond donors (Lipinski definition) is 3. The highest BCUT2D eigenvalue weighted by molar-refractivity contribution is 7.18. The standard InChI is InChI=1S/C33H29F2N5O4S/c1-4-27(41)37-17(2)24-16-25(40-39-24)31-29(28-23(35)14-20(34)15-26(28)44-11-10-43-3)32-22(8-12-45-32)30(38-31)19-5-6-21-18(13-19)7-9-36-33(21)42/h4-6,8,12-17H,1,7,9-11H2,2-3H3,(H,36,42)(H,37,41)(H,39,40). The molecule has 2 amide bonds. The Bertz CT molecular complexity index is 1950.